The van der Waals surface area contributed by atoms with E-state index in [0.29, 0.717) is 25.5 Å². The molecule has 130 valence electrons. The number of hydrogen-bond acceptors (Lipinski definition) is 4. The van der Waals surface area contributed by atoms with Gasteiger partial charge in [-0.05, 0) is 47.1 Å². The molecule has 2 aromatic rings. The number of carbonyl (C=O) groups is 2. The Morgan fingerprint density at radius 1 is 1.32 bits per heavy atom. The molecule has 1 unspecified atom stereocenters. The maximum absolute atomic E-state index is 12.9. The molecule has 6 nitrogen and oxygen atoms in total. The van der Waals surface area contributed by atoms with E-state index < -0.39 is 0 Å². The highest BCUT2D eigenvalue weighted by molar-refractivity contribution is 9.10. The Labute approximate surface area is 155 Å². The van der Waals surface area contributed by atoms with Crippen LogP contribution in [0.4, 0.5) is 5.82 Å². The quantitative estimate of drug-likeness (QED) is 0.770. The Morgan fingerprint density at radius 3 is 2.80 bits per heavy atom. The van der Waals surface area contributed by atoms with Crippen LogP contribution in [0.2, 0.25) is 0 Å². The average molecular weight is 403 g/mol. The molecule has 7 heteroatoms. The summed E-state index contributed by atoms with van der Waals surface area (Å²) in [7, 11) is 0. The van der Waals surface area contributed by atoms with Crippen molar-refractivity contribution in [1.29, 1.82) is 0 Å². The summed E-state index contributed by atoms with van der Waals surface area (Å²) in [6.45, 7) is 3.27. The molecule has 3 rings (SSSR count). The van der Waals surface area contributed by atoms with Crippen LogP contribution in [0.15, 0.2) is 47.2 Å². The predicted molar refractivity (Wildman–Crippen MR) is 97.7 cm³/mol. The van der Waals surface area contributed by atoms with E-state index >= 15 is 0 Å². The molecule has 2 aromatic heterocycles. The number of hydrogen-bond donors (Lipinski definition) is 0. The van der Waals surface area contributed by atoms with E-state index in [2.05, 4.69) is 25.9 Å². The number of amides is 2. The Morgan fingerprint density at radius 2 is 2.16 bits per heavy atom. The van der Waals surface area contributed by atoms with Crippen LogP contribution in [-0.4, -0.2) is 39.8 Å². The summed E-state index contributed by atoms with van der Waals surface area (Å²) in [5.74, 6) is 0.186. The average Bonchev–Trinajstić information content (AvgIpc) is 2.99. The number of likely N-dealkylation sites (tertiary alicyclic amines) is 1. The summed E-state index contributed by atoms with van der Waals surface area (Å²) < 4.78 is 0.859. The molecule has 25 heavy (non-hydrogen) atoms. The summed E-state index contributed by atoms with van der Waals surface area (Å²) in [6, 6.07) is 9.27. The molecular formula is C18H19BrN4O2. The van der Waals surface area contributed by atoms with Gasteiger partial charge in [-0.3, -0.25) is 19.5 Å². The van der Waals surface area contributed by atoms with Crippen molar-refractivity contribution in [3.63, 3.8) is 0 Å². The van der Waals surface area contributed by atoms with Crippen LogP contribution in [0.1, 0.15) is 19.0 Å². The number of anilines is 1. The number of rotatable bonds is 5. The van der Waals surface area contributed by atoms with Crippen molar-refractivity contribution < 1.29 is 9.59 Å². The second-order valence-corrected chi connectivity index (χ2v) is 6.83. The summed E-state index contributed by atoms with van der Waals surface area (Å²) in [5.41, 5.74) is 0.825. The highest BCUT2D eigenvalue weighted by Gasteiger charge is 2.36. The highest BCUT2D eigenvalue weighted by Crippen LogP contribution is 2.24. The molecule has 0 N–H and O–H groups in total. The zero-order valence-corrected chi connectivity index (χ0v) is 15.5. The first-order chi connectivity index (χ1) is 12.1. The van der Waals surface area contributed by atoms with Gasteiger partial charge in [-0.15, -0.1) is 0 Å². The largest absolute Gasteiger partial charge is 0.336 e. The van der Waals surface area contributed by atoms with E-state index in [1.54, 1.807) is 28.3 Å². The van der Waals surface area contributed by atoms with Crippen LogP contribution in [0.3, 0.4) is 0 Å². The minimum absolute atomic E-state index is 0.0104. The summed E-state index contributed by atoms with van der Waals surface area (Å²) in [6.07, 6.45) is 3.60. The zero-order valence-electron chi connectivity index (χ0n) is 13.9. The first-order valence-corrected chi connectivity index (χ1v) is 8.98. The first kappa shape index (κ1) is 17.5. The molecule has 3 heterocycles. The van der Waals surface area contributed by atoms with Gasteiger partial charge in [-0.2, -0.15) is 0 Å². The molecule has 0 bridgehead atoms. The van der Waals surface area contributed by atoms with E-state index in [-0.39, 0.29) is 24.2 Å². The molecule has 1 aliphatic heterocycles. The van der Waals surface area contributed by atoms with Gasteiger partial charge < -0.3 is 4.90 Å². The maximum Gasteiger partial charge on any atom is 0.233 e. The van der Waals surface area contributed by atoms with Gasteiger partial charge >= 0.3 is 0 Å². The van der Waals surface area contributed by atoms with Gasteiger partial charge in [0.15, 0.2) is 0 Å². The highest BCUT2D eigenvalue weighted by atomic mass is 79.9. The lowest BCUT2D eigenvalue weighted by Gasteiger charge is -2.23. The van der Waals surface area contributed by atoms with Crippen molar-refractivity contribution in [2.24, 2.45) is 5.92 Å². The van der Waals surface area contributed by atoms with Crippen LogP contribution < -0.4 is 4.90 Å². The molecule has 2 amide bonds. The predicted octanol–water partition coefficient (Wildman–Crippen LogP) is 2.64. The Kier molecular flexibility index (Phi) is 5.43. The van der Waals surface area contributed by atoms with Gasteiger partial charge in [0.1, 0.15) is 5.82 Å². The smallest absolute Gasteiger partial charge is 0.233 e. The normalized spacial score (nSPS) is 17.0. The Balaban J connectivity index is 1.70. The van der Waals surface area contributed by atoms with E-state index in [1.165, 1.54) is 0 Å². The third kappa shape index (κ3) is 4.04. The second kappa shape index (κ2) is 7.74. The van der Waals surface area contributed by atoms with E-state index in [0.717, 1.165) is 10.2 Å². The Bertz CT molecular complexity index is 751. The third-order valence-electron chi connectivity index (χ3n) is 4.21. The molecule has 1 atom stereocenters. The van der Waals surface area contributed by atoms with Crippen molar-refractivity contribution in [2.75, 3.05) is 18.0 Å². The number of nitrogens with zero attached hydrogens (tertiary/aromatic N) is 4. The van der Waals surface area contributed by atoms with Crippen molar-refractivity contribution >= 4 is 33.6 Å². The fourth-order valence-electron chi connectivity index (χ4n) is 2.96. The molecule has 0 aliphatic carbocycles. The monoisotopic (exact) mass is 402 g/mol. The van der Waals surface area contributed by atoms with Crippen molar-refractivity contribution in [3.05, 3.63) is 52.9 Å². The second-order valence-electron chi connectivity index (χ2n) is 5.91. The van der Waals surface area contributed by atoms with Crippen molar-refractivity contribution in [2.45, 2.75) is 19.9 Å². The number of aromatic nitrogens is 2. The number of pyridine rings is 2. The standard InChI is InChI=1S/C18H19BrN4O2/c1-2-23(16-7-6-14(19)10-21-16)18(25)13-9-17(24)22(11-13)12-15-5-3-4-8-20-15/h3-8,10,13H,2,9,11-12H2,1H3. The Hall–Kier alpha value is -2.28. The minimum atomic E-state index is -0.346. The van der Waals surface area contributed by atoms with Crippen LogP contribution in [0.5, 0.6) is 0 Å². The molecule has 1 fully saturated rings. The van der Waals surface area contributed by atoms with Crippen LogP contribution >= 0.6 is 15.9 Å². The van der Waals surface area contributed by atoms with Crippen molar-refractivity contribution in [3.8, 4) is 0 Å². The lowest BCUT2D eigenvalue weighted by Crippen LogP contribution is -2.38. The van der Waals surface area contributed by atoms with Gasteiger partial charge in [0.05, 0.1) is 18.2 Å². The van der Waals surface area contributed by atoms with Crippen LogP contribution in [-0.2, 0) is 16.1 Å². The van der Waals surface area contributed by atoms with Gasteiger partial charge in [0.25, 0.3) is 0 Å². The van der Waals surface area contributed by atoms with Gasteiger partial charge in [-0.1, -0.05) is 6.07 Å². The van der Waals surface area contributed by atoms with E-state index in [4.69, 9.17) is 0 Å². The molecular weight excluding hydrogens is 384 g/mol. The molecule has 0 spiro atoms. The van der Waals surface area contributed by atoms with E-state index in [9.17, 15) is 9.59 Å². The molecule has 0 aromatic carbocycles. The SMILES string of the molecule is CCN(C(=O)C1CC(=O)N(Cc2ccccn2)C1)c1ccc(Br)cn1. The minimum Gasteiger partial charge on any atom is -0.336 e. The molecule has 1 saturated heterocycles. The summed E-state index contributed by atoms with van der Waals surface area (Å²) >= 11 is 3.34. The third-order valence-corrected chi connectivity index (χ3v) is 4.68. The first-order valence-electron chi connectivity index (χ1n) is 8.19. The molecule has 0 radical (unpaired) electrons. The summed E-state index contributed by atoms with van der Waals surface area (Å²) in [4.78, 5) is 37.1. The van der Waals surface area contributed by atoms with Crippen LogP contribution in [0, 0.1) is 5.92 Å². The lowest BCUT2D eigenvalue weighted by atomic mass is 10.1. The fraction of sp³-hybridized carbons (Fsp3) is 0.333. The van der Waals surface area contributed by atoms with Gasteiger partial charge in [0, 0.05) is 36.4 Å². The molecule has 0 saturated carbocycles. The van der Waals surface area contributed by atoms with Gasteiger partial charge in [-0.25, -0.2) is 4.98 Å². The number of halogens is 1. The van der Waals surface area contributed by atoms with Gasteiger partial charge in [0.2, 0.25) is 11.8 Å². The summed E-state index contributed by atoms with van der Waals surface area (Å²) in [5, 5.41) is 0. The zero-order chi connectivity index (χ0) is 17.8. The lowest BCUT2D eigenvalue weighted by molar-refractivity contribution is -0.129. The van der Waals surface area contributed by atoms with E-state index in [1.807, 2.05) is 31.2 Å². The van der Waals surface area contributed by atoms with Crippen LogP contribution in [0.25, 0.3) is 0 Å². The van der Waals surface area contributed by atoms with Crippen molar-refractivity contribution in [1.82, 2.24) is 14.9 Å². The maximum atomic E-state index is 12.9. The topological polar surface area (TPSA) is 66.4 Å². The molecule has 1 aliphatic rings. The fourth-order valence-corrected chi connectivity index (χ4v) is 3.19. The number of carbonyl (C=O) groups excluding carboxylic acids is 2.